The van der Waals surface area contributed by atoms with E-state index in [4.69, 9.17) is 0 Å². The molecule has 2 aromatic rings. The molecule has 2 heterocycles. The fourth-order valence-electron chi connectivity index (χ4n) is 4.73. The van der Waals surface area contributed by atoms with E-state index in [0.717, 1.165) is 31.2 Å². The number of carbonyl (C=O) groups excluding carboxylic acids is 1. The van der Waals surface area contributed by atoms with Gasteiger partial charge < -0.3 is 14.6 Å². The number of piperidine rings is 1. The average Bonchev–Trinajstić information content (AvgIpc) is 3.36. The molecule has 27 heavy (non-hydrogen) atoms. The van der Waals surface area contributed by atoms with E-state index in [1.165, 1.54) is 5.56 Å². The van der Waals surface area contributed by atoms with Crippen LogP contribution < -0.4 is 0 Å². The van der Waals surface area contributed by atoms with Crippen molar-refractivity contribution in [1.82, 2.24) is 9.47 Å². The highest BCUT2D eigenvalue weighted by molar-refractivity contribution is 5.83. The van der Waals surface area contributed by atoms with Gasteiger partial charge in [0.15, 0.2) is 0 Å². The lowest BCUT2D eigenvalue weighted by atomic mass is 9.84. The number of aliphatic carboxylic acids is 1. The van der Waals surface area contributed by atoms with Crippen LogP contribution in [-0.2, 0) is 16.0 Å². The summed E-state index contributed by atoms with van der Waals surface area (Å²) in [7, 11) is 0. The summed E-state index contributed by atoms with van der Waals surface area (Å²) in [6.45, 7) is 1.41. The largest absolute Gasteiger partial charge is 0.481 e. The Morgan fingerprint density at radius 1 is 1.04 bits per heavy atom. The van der Waals surface area contributed by atoms with Gasteiger partial charge in [-0.15, -0.1) is 0 Å². The number of carboxylic acid groups (broad SMARTS) is 1. The predicted octanol–water partition coefficient (Wildman–Crippen LogP) is 3.47. The number of nitrogens with zero attached hydrogens (tertiary/aromatic N) is 2. The Bertz CT molecular complexity index is 807. The Hall–Kier alpha value is -2.56. The molecular formula is C22H26N2O3. The summed E-state index contributed by atoms with van der Waals surface area (Å²) in [6.07, 6.45) is 7.80. The zero-order chi connectivity index (χ0) is 18.8. The minimum Gasteiger partial charge on any atom is -0.481 e. The second-order valence-corrected chi connectivity index (χ2v) is 7.74. The molecule has 0 saturated carbocycles. The van der Waals surface area contributed by atoms with Gasteiger partial charge in [-0.1, -0.05) is 24.3 Å². The van der Waals surface area contributed by atoms with Crippen LogP contribution in [0.5, 0.6) is 0 Å². The molecule has 1 N–H and O–H groups in total. The van der Waals surface area contributed by atoms with Gasteiger partial charge in [-0.2, -0.15) is 0 Å². The Morgan fingerprint density at radius 2 is 1.74 bits per heavy atom. The maximum absolute atomic E-state index is 12.8. The molecule has 1 aromatic heterocycles. The molecule has 142 valence electrons. The topological polar surface area (TPSA) is 62.5 Å². The minimum atomic E-state index is -0.854. The molecule has 5 nitrogen and oxygen atoms in total. The van der Waals surface area contributed by atoms with Crippen LogP contribution >= 0.6 is 0 Å². The first kappa shape index (κ1) is 17.8. The third-order valence-corrected chi connectivity index (χ3v) is 6.24. The molecule has 1 aliphatic heterocycles. The number of rotatable bonds is 5. The Balaban J connectivity index is 1.40. The van der Waals surface area contributed by atoms with Crippen LogP contribution in [0, 0.1) is 5.92 Å². The molecule has 0 spiro atoms. The second-order valence-electron chi connectivity index (χ2n) is 7.74. The van der Waals surface area contributed by atoms with Crippen molar-refractivity contribution >= 4 is 11.9 Å². The third-order valence-electron chi connectivity index (χ3n) is 6.24. The van der Waals surface area contributed by atoms with Crippen LogP contribution in [0.15, 0.2) is 48.8 Å². The van der Waals surface area contributed by atoms with Crippen molar-refractivity contribution < 1.29 is 14.7 Å². The average molecular weight is 366 g/mol. The number of carbonyl (C=O) groups is 2. The number of fused-ring (bicyclic) bond motifs is 1. The molecule has 1 unspecified atom stereocenters. The Kier molecular flexibility index (Phi) is 5.01. The summed E-state index contributed by atoms with van der Waals surface area (Å²) >= 11 is 0. The molecule has 2 atom stereocenters. The SMILES string of the molecule is O=C(O)C(CC(=O)N1CCC(n2cccc2)CC1)[C@H]1CCc2ccccc21. The Labute approximate surface area is 159 Å². The molecule has 1 saturated heterocycles. The predicted molar refractivity (Wildman–Crippen MR) is 103 cm³/mol. The molecule has 5 heteroatoms. The number of likely N-dealkylation sites (tertiary alicyclic amines) is 1. The van der Waals surface area contributed by atoms with E-state index in [9.17, 15) is 14.7 Å². The molecule has 0 radical (unpaired) electrons. The van der Waals surface area contributed by atoms with E-state index in [1.54, 1.807) is 0 Å². The summed E-state index contributed by atoms with van der Waals surface area (Å²) in [6, 6.07) is 12.5. The summed E-state index contributed by atoms with van der Waals surface area (Å²) in [5, 5.41) is 9.80. The van der Waals surface area contributed by atoms with Crippen molar-refractivity contribution in [3.63, 3.8) is 0 Å². The number of amides is 1. The summed E-state index contributed by atoms with van der Waals surface area (Å²) in [5.41, 5.74) is 2.35. The van der Waals surface area contributed by atoms with E-state index in [0.29, 0.717) is 19.1 Å². The van der Waals surface area contributed by atoms with Gasteiger partial charge in [0, 0.05) is 37.9 Å². The smallest absolute Gasteiger partial charge is 0.307 e. The second kappa shape index (κ2) is 7.59. The van der Waals surface area contributed by atoms with E-state index in [2.05, 4.69) is 23.0 Å². The zero-order valence-electron chi connectivity index (χ0n) is 15.5. The van der Waals surface area contributed by atoms with Crippen molar-refractivity contribution in [2.45, 2.75) is 44.1 Å². The van der Waals surface area contributed by atoms with Crippen molar-refractivity contribution in [3.8, 4) is 0 Å². The molecule has 1 fully saturated rings. The number of carboxylic acids is 1. The molecule has 2 aliphatic rings. The van der Waals surface area contributed by atoms with E-state index < -0.39 is 11.9 Å². The lowest BCUT2D eigenvalue weighted by Crippen LogP contribution is -2.40. The summed E-state index contributed by atoms with van der Waals surface area (Å²) in [5.74, 6) is -1.56. The number of aryl methyl sites for hydroxylation is 1. The van der Waals surface area contributed by atoms with Crippen molar-refractivity contribution in [1.29, 1.82) is 0 Å². The van der Waals surface area contributed by atoms with Gasteiger partial charge in [-0.05, 0) is 54.9 Å². The number of benzene rings is 1. The van der Waals surface area contributed by atoms with Gasteiger partial charge in [-0.25, -0.2) is 0 Å². The maximum Gasteiger partial charge on any atom is 0.307 e. The first-order valence-electron chi connectivity index (χ1n) is 9.84. The van der Waals surface area contributed by atoms with Gasteiger partial charge in [0.05, 0.1) is 5.92 Å². The quantitative estimate of drug-likeness (QED) is 0.881. The lowest BCUT2D eigenvalue weighted by Gasteiger charge is -2.34. The van der Waals surface area contributed by atoms with Gasteiger partial charge in [0.25, 0.3) is 0 Å². The molecule has 1 aliphatic carbocycles. The van der Waals surface area contributed by atoms with E-state index in [1.807, 2.05) is 35.2 Å². The van der Waals surface area contributed by atoms with Gasteiger partial charge in [0.1, 0.15) is 0 Å². The first-order valence-corrected chi connectivity index (χ1v) is 9.84. The molecule has 1 amide bonds. The van der Waals surface area contributed by atoms with Gasteiger partial charge >= 0.3 is 5.97 Å². The minimum absolute atomic E-state index is 0.0160. The first-order chi connectivity index (χ1) is 13.1. The van der Waals surface area contributed by atoms with Gasteiger partial charge in [-0.3, -0.25) is 9.59 Å². The van der Waals surface area contributed by atoms with Crippen molar-refractivity contribution in [2.75, 3.05) is 13.1 Å². The van der Waals surface area contributed by atoms with Crippen LogP contribution in [-0.4, -0.2) is 39.5 Å². The van der Waals surface area contributed by atoms with Crippen LogP contribution in [0.1, 0.15) is 48.8 Å². The fourth-order valence-corrected chi connectivity index (χ4v) is 4.73. The molecule has 4 rings (SSSR count). The van der Waals surface area contributed by atoms with Crippen LogP contribution in [0.3, 0.4) is 0 Å². The third kappa shape index (κ3) is 3.64. The van der Waals surface area contributed by atoms with Crippen molar-refractivity contribution in [3.05, 3.63) is 59.9 Å². The number of hydrogen-bond donors (Lipinski definition) is 1. The fraction of sp³-hybridized carbons (Fsp3) is 0.455. The normalized spacial score (nSPS) is 21.0. The summed E-state index contributed by atoms with van der Waals surface area (Å²) < 4.78 is 2.21. The van der Waals surface area contributed by atoms with Crippen LogP contribution in [0.25, 0.3) is 0 Å². The summed E-state index contributed by atoms with van der Waals surface area (Å²) in [4.78, 5) is 26.6. The Morgan fingerprint density at radius 3 is 2.44 bits per heavy atom. The van der Waals surface area contributed by atoms with Crippen molar-refractivity contribution in [2.24, 2.45) is 5.92 Å². The molecule has 1 aromatic carbocycles. The van der Waals surface area contributed by atoms with E-state index >= 15 is 0 Å². The van der Waals surface area contributed by atoms with E-state index in [-0.39, 0.29) is 18.2 Å². The highest BCUT2D eigenvalue weighted by Gasteiger charge is 2.37. The highest BCUT2D eigenvalue weighted by atomic mass is 16.4. The maximum atomic E-state index is 12.8. The van der Waals surface area contributed by atoms with Crippen LogP contribution in [0.4, 0.5) is 0 Å². The number of hydrogen-bond acceptors (Lipinski definition) is 2. The lowest BCUT2D eigenvalue weighted by molar-refractivity contribution is -0.147. The monoisotopic (exact) mass is 366 g/mol. The van der Waals surface area contributed by atoms with Gasteiger partial charge in [0.2, 0.25) is 5.91 Å². The standard InChI is InChI=1S/C22H26N2O3/c25-21(24-13-9-17(10-14-24)23-11-3-4-12-23)15-20(22(26)27)19-8-7-16-5-1-2-6-18(16)19/h1-6,11-12,17,19-20H,7-10,13-15H2,(H,26,27)/t19-,20?/m0/s1. The highest BCUT2D eigenvalue weighted by Crippen LogP contribution is 2.40. The molecular weight excluding hydrogens is 340 g/mol. The molecule has 0 bridgehead atoms. The number of aromatic nitrogens is 1. The zero-order valence-corrected chi connectivity index (χ0v) is 15.5. The van der Waals surface area contributed by atoms with Crippen LogP contribution in [0.2, 0.25) is 0 Å².